The number of nitrogens with zero attached hydrogens (tertiary/aromatic N) is 1. The maximum atomic E-state index is 12.8. The molecule has 7 heteroatoms. The lowest BCUT2D eigenvalue weighted by Crippen LogP contribution is -2.48. The number of piperidine rings is 1. The van der Waals surface area contributed by atoms with Crippen molar-refractivity contribution in [3.63, 3.8) is 0 Å². The summed E-state index contributed by atoms with van der Waals surface area (Å²) in [6, 6.07) is 15.2. The second-order valence-electron chi connectivity index (χ2n) is 8.26. The van der Waals surface area contributed by atoms with Crippen molar-refractivity contribution in [2.45, 2.75) is 44.9 Å². The van der Waals surface area contributed by atoms with Crippen molar-refractivity contribution in [2.75, 3.05) is 24.2 Å². The minimum atomic E-state index is -0.295. The van der Waals surface area contributed by atoms with Gasteiger partial charge in [-0.2, -0.15) is 0 Å². The Morgan fingerprint density at radius 1 is 1.03 bits per heavy atom. The van der Waals surface area contributed by atoms with E-state index in [0.717, 1.165) is 29.7 Å². The molecule has 0 aromatic heterocycles. The number of nitrogens with one attached hydrogen (secondary N) is 2. The number of carbonyl (C=O) groups excluding carboxylic acids is 3. The van der Waals surface area contributed by atoms with Crippen molar-refractivity contribution < 1.29 is 14.4 Å². The molecule has 1 aliphatic rings. The van der Waals surface area contributed by atoms with Gasteiger partial charge in [0.1, 0.15) is 0 Å². The van der Waals surface area contributed by atoms with Gasteiger partial charge in [-0.05, 0) is 57.4 Å². The van der Waals surface area contributed by atoms with Crippen LogP contribution < -0.4 is 10.6 Å². The number of hydrogen-bond donors (Lipinski definition) is 2. The highest BCUT2D eigenvalue weighted by Crippen LogP contribution is 2.19. The van der Waals surface area contributed by atoms with Crippen molar-refractivity contribution in [1.29, 1.82) is 0 Å². The van der Waals surface area contributed by atoms with Gasteiger partial charge in [-0.15, -0.1) is 11.8 Å². The molecule has 1 heterocycles. The Hall–Kier alpha value is -2.80. The zero-order chi connectivity index (χ0) is 23.1. The molecule has 170 valence electrons. The maximum absolute atomic E-state index is 12.8. The Balaban J connectivity index is 1.40. The molecule has 1 saturated heterocycles. The normalized spacial score (nSPS) is 15.2. The topological polar surface area (TPSA) is 78.5 Å². The van der Waals surface area contributed by atoms with Crippen molar-refractivity contribution >= 4 is 35.2 Å². The first-order valence-electron chi connectivity index (χ1n) is 11.0. The number of anilines is 1. The van der Waals surface area contributed by atoms with E-state index in [1.165, 1.54) is 11.8 Å². The molecule has 2 aromatic carbocycles. The fraction of sp³-hybridized carbons (Fsp3) is 0.400. The zero-order valence-electron chi connectivity index (χ0n) is 18.9. The highest BCUT2D eigenvalue weighted by molar-refractivity contribution is 8.01. The lowest BCUT2D eigenvalue weighted by atomic mass is 10.0. The zero-order valence-corrected chi connectivity index (χ0v) is 19.7. The van der Waals surface area contributed by atoms with Crippen LogP contribution >= 0.6 is 11.8 Å². The second kappa shape index (κ2) is 11.2. The summed E-state index contributed by atoms with van der Waals surface area (Å²) < 4.78 is 0. The van der Waals surface area contributed by atoms with Gasteiger partial charge >= 0.3 is 0 Å². The Labute approximate surface area is 194 Å². The highest BCUT2D eigenvalue weighted by Gasteiger charge is 2.27. The predicted molar refractivity (Wildman–Crippen MR) is 130 cm³/mol. The van der Waals surface area contributed by atoms with Crippen LogP contribution in [0.25, 0.3) is 0 Å². The summed E-state index contributed by atoms with van der Waals surface area (Å²) in [7, 11) is 0. The summed E-state index contributed by atoms with van der Waals surface area (Å²) in [5, 5.41) is 5.66. The van der Waals surface area contributed by atoms with Gasteiger partial charge < -0.3 is 15.5 Å². The van der Waals surface area contributed by atoms with Gasteiger partial charge in [0.15, 0.2) is 0 Å². The molecule has 6 nitrogen and oxygen atoms in total. The number of rotatable bonds is 7. The Morgan fingerprint density at radius 2 is 1.69 bits per heavy atom. The van der Waals surface area contributed by atoms with Crippen LogP contribution in [-0.2, 0) is 9.59 Å². The van der Waals surface area contributed by atoms with Crippen LogP contribution in [0.5, 0.6) is 0 Å². The highest BCUT2D eigenvalue weighted by atomic mass is 32.2. The van der Waals surface area contributed by atoms with Gasteiger partial charge in [0, 0.05) is 30.4 Å². The monoisotopic (exact) mass is 453 g/mol. The molecule has 3 rings (SSSR count). The van der Waals surface area contributed by atoms with Gasteiger partial charge in [-0.25, -0.2) is 0 Å². The first-order valence-corrected chi connectivity index (χ1v) is 12.0. The van der Waals surface area contributed by atoms with Crippen LogP contribution in [0.3, 0.4) is 0 Å². The number of carbonyl (C=O) groups is 3. The molecule has 1 atom stereocenters. The molecular weight excluding hydrogens is 422 g/mol. The van der Waals surface area contributed by atoms with E-state index in [-0.39, 0.29) is 34.8 Å². The first-order chi connectivity index (χ1) is 15.3. The van der Waals surface area contributed by atoms with Crippen LogP contribution in [0.15, 0.2) is 48.5 Å². The summed E-state index contributed by atoms with van der Waals surface area (Å²) >= 11 is 1.35. The molecule has 0 aliphatic carbocycles. The molecule has 0 spiro atoms. The molecule has 32 heavy (non-hydrogen) atoms. The number of amides is 3. The van der Waals surface area contributed by atoms with Gasteiger partial charge in [0.25, 0.3) is 5.91 Å². The third-order valence-corrected chi connectivity index (χ3v) is 6.81. The summed E-state index contributed by atoms with van der Waals surface area (Å²) in [5.74, 6) is 0.0957. The van der Waals surface area contributed by atoms with E-state index >= 15 is 0 Å². The third kappa shape index (κ3) is 6.60. The molecule has 1 fully saturated rings. The number of aryl methyl sites for hydroxylation is 2. The minimum Gasteiger partial charge on any atom is -0.349 e. The number of likely N-dealkylation sites (tertiary alicyclic amines) is 1. The average molecular weight is 454 g/mol. The average Bonchev–Trinajstić information content (AvgIpc) is 2.79. The van der Waals surface area contributed by atoms with E-state index in [0.29, 0.717) is 18.7 Å². The molecule has 1 aliphatic heterocycles. The van der Waals surface area contributed by atoms with E-state index in [2.05, 4.69) is 10.6 Å². The quantitative estimate of drug-likeness (QED) is 0.669. The van der Waals surface area contributed by atoms with Crippen LogP contribution in [0.2, 0.25) is 0 Å². The number of benzene rings is 2. The van der Waals surface area contributed by atoms with Gasteiger partial charge in [-0.3, -0.25) is 14.4 Å². The lowest BCUT2D eigenvalue weighted by Gasteiger charge is -2.33. The Morgan fingerprint density at radius 3 is 2.34 bits per heavy atom. The van der Waals surface area contributed by atoms with E-state index in [1.54, 1.807) is 0 Å². The van der Waals surface area contributed by atoms with Crippen molar-refractivity contribution in [1.82, 2.24) is 10.2 Å². The fourth-order valence-electron chi connectivity index (χ4n) is 3.70. The molecule has 1 unspecified atom stereocenters. The van der Waals surface area contributed by atoms with Crippen molar-refractivity contribution in [2.24, 2.45) is 0 Å². The summed E-state index contributed by atoms with van der Waals surface area (Å²) in [5.41, 5.74) is 3.54. The predicted octanol–water partition coefficient (Wildman–Crippen LogP) is 3.78. The largest absolute Gasteiger partial charge is 0.349 e. The molecule has 0 bridgehead atoms. The molecule has 0 saturated carbocycles. The SMILES string of the molecule is Cc1ccc(NC(=O)CSC(C)C(=O)N2CCC(NC(=O)c3ccccc3C)CC2)cc1. The molecule has 0 radical (unpaired) electrons. The standard InChI is InChI=1S/C25H31N3O3S/c1-17-8-10-20(11-9-17)26-23(29)16-32-19(3)25(31)28-14-12-21(13-15-28)27-24(30)22-7-5-4-6-18(22)2/h4-11,19,21H,12-16H2,1-3H3,(H,26,29)(H,27,30). The van der Waals surface area contributed by atoms with Gasteiger partial charge in [0.2, 0.25) is 11.8 Å². The maximum Gasteiger partial charge on any atom is 0.251 e. The number of thioether (sulfide) groups is 1. The van der Waals surface area contributed by atoms with Crippen LogP contribution in [0, 0.1) is 13.8 Å². The lowest BCUT2D eigenvalue weighted by molar-refractivity contribution is -0.131. The third-order valence-electron chi connectivity index (χ3n) is 5.68. The molecule has 3 amide bonds. The van der Waals surface area contributed by atoms with Gasteiger partial charge in [0.05, 0.1) is 11.0 Å². The van der Waals surface area contributed by atoms with E-state index < -0.39 is 0 Å². The van der Waals surface area contributed by atoms with Crippen LogP contribution in [0.1, 0.15) is 41.3 Å². The van der Waals surface area contributed by atoms with Crippen LogP contribution in [0.4, 0.5) is 5.69 Å². The van der Waals surface area contributed by atoms with Gasteiger partial charge in [-0.1, -0.05) is 35.9 Å². The van der Waals surface area contributed by atoms with Crippen molar-refractivity contribution in [3.05, 3.63) is 65.2 Å². The molecular formula is C25H31N3O3S. The van der Waals surface area contributed by atoms with E-state index in [4.69, 9.17) is 0 Å². The van der Waals surface area contributed by atoms with E-state index in [1.807, 2.05) is 74.2 Å². The van der Waals surface area contributed by atoms with Crippen LogP contribution in [-0.4, -0.2) is 52.8 Å². The Bertz CT molecular complexity index is 953. The molecule has 2 aromatic rings. The van der Waals surface area contributed by atoms with Crippen molar-refractivity contribution in [3.8, 4) is 0 Å². The summed E-state index contributed by atoms with van der Waals surface area (Å²) in [6.07, 6.45) is 1.46. The summed E-state index contributed by atoms with van der Waals surface area (Å²) in [6.45, 7) is 6.99. The minimum absolute atomic E-state index is 0.0433. The Kier molecular flexibility index (Phi) is 8.33. The first kappa shape index (κ1) is 23.9. The molecule has 2 N–H and O–H groups in total. The smallest absolute Gasteiger partial charge is 0.251 e. The fourth-order valence-corrected chi connectivity index (χ4v) is 4.46. The summed E-state index contributed by atoms with van der Waals surface area (Å²) in [4.78, 5) is 39.3. The van der Waals surface area contributed by atoms with E-state index in [9.17, 15) is 14.4 Å². The number of hydrogen-bond acceptors (Lipinski definition) is 4. The second-order valence-corrected chi connectivity index (χ2v) is 9.58.